The Labute approximate surface area is 129 Å². The van der Waals surface area contributed by atoms with Gasteiger partial charge in [0.1, 0.15) is 12.6 Å². The molecule has 3 aliphatic heterocycles. The molecule has 0 saturated carbocycles. The number of aliphatic hydroxyl groups is 2. The van der Waals surface area contributed by atoms with Crippen molar-refractivity contribution in [1.29, 1.82) is 0 Å². The number of fused-ring (bicyclic) bond motifs is 3. The molecule has 1 unspecified atom stereocenters. The van der Waals surface area contributed by atoms with E-state index in [4.69, 9.17) is 9.47 Å². The first-order valence-electron chi connectivity index (χ1n) is 7.90. The van der Waals surface area contributed by atoms with Crippen molar-refractivity contribution < 1.29 is 24.2 Å². The van der Waals surface area contributed by atoms with Crippen LogP contribution in [0.2, 0.25) is 0 Å². The monoisotopic (exact) mass is 302 g/mol. The molecule has 0 bridgehead atoms. The summed E-state index contributed by atoms with van der Waals surface area (Å²) in [6, 6.07) is 4.35. The van der Waals surface area contributed by atoms with Crippen LogP contribution in [0.25, 0.3) is 0 Å². The second-order valence-corrected chi connectivity index (χ2v) is 7.21. The number of quaternary nitrogens is 1. The summed E-state index contributed by atoms with van der Waals surface area (Å²) in [6.45, 7) is 2.25. The molecule has 5 nitrogen and oxygen atoms in total. The van der Waals surface area contributed by atoms with E-state index < -0.39 is 12.2 Å². The number of hydrogen-bond donors (Lipinski definition) is 2. The van der Waals surface area contributed by atoms with Gasteiger partial charge in [0.2, 0.25) is 6.79 Å². The highest BCUT2D eigenvalue weighted by molar-refractivity contribution is 5.52. The lowest BCUT2D eigenvalue weighted by Crippen LogP contribution is -2.58. The van der Waals surface area contributed by atoms with Crippen molar-refractivity contribution in [2.75, 3.05) is 20.4 Å². The summed E-state index contributed by atoms with van der Waals surface area (Å²) in [5.74, 6) is 1.48. The Bertz CT molecular complexity index is 700. The van der Waals surface area contributed by atoms with Crippen molar-refractivity contribution in [3.8, 4) is 11.5 Å². The fourth-order valence-corrected chi connectivity index (χ4v) is 4.96. The van der Waals surface area contributed by atoms with Gasteiger partial charge in [-0.2, -0.15) is 0 Å². The molecule has 5 rings (SSSR count). The van der Waals surface area contributed by atoms with Crippen LogP contribution >= 0.6 is 0 Å². The van der Waals surface area contributed by atoms with Crippen LogP contribution in [0.15, 0.2) is 23.8 Å². The van der Waals surface area contributed by atoms with E-state index in [1.165, 1.54) is 11.1 Å². The van der Waals surface area contributed by atoms with Crippen LogP contribution in [0.4, 0.5) is 0 Å². The zero-order valence-electron chi connectivity index (χ0n) is 12.5. The molecule has 5 atom stereocenters. The molecule has 5 heteroatoms. The third-order valence-corrected chi connectivity index (χ3v) is 5.93. The zero-order valence-corrected chi connectivity index (χ0v) is 12.5. The lowest BCUT2D eigenvalue weighted by molar-refractivity contribution is -0.935. The Balaban J connectivity index is 1.73. The molecular weight excluding hydrogens is 282 g/mol. The summed E-state index contributed by atoms with van der Waals surface area (Å²) in [5.41, 5.74) is 3.62. The van der Waals surface area contributed by atoms with E-state index in [1.807, 2.05) is 12.1 Å². The molecular formula is C17H20NO4+. The average molecular weight is 302 g/mol. The SMILES string of the molecule is C[N+]12CCC3=C[C@H](O)[C@@H](O)[C@@H](c4cc5c(cc4C1)OCO5)[C@@H]32. The normalized spacial score (nSPS) is 41.0. The predicted octanol–water partition coefficient (Wildman–Crippen LogP) is 0.893. The van der Waals surface area contributed by atoms with Crippen molar-refractivity contribution in [1.82, 2.24) is 0 Å². The maximum atomic E-state index is 10.7. The molecule has 1 aromatic carbocycles. The molecule has 1 fully saturated rings. The minimum Gasteiger partial charge on any atom is -0.454 e. The minimum atomic E-state index is -0.779. The Morgan fingerprint density at radius 2 is 1.95 bits per heavy atom. The molecule has 1 saturated heterocycles. The molecule has 22 heavy (non-hydrogen) atoms. The highest BCUT2D eigenvalue weighted by Crippen LogP contribution is 2.52. The second-order valence-electron chi connectivity index (χ2n) is 7.21. The molecule has 0 radical (unpaired) electrons. The summed E-state index contributed by atoms with van der Waals surface area (Å²) in [7, 11) is 2.26. The van der Waals surface area contributed by atoms with Crippen LogP contribution in [-0.2, 0) is 6.54 Å². The third kappa shape index (κ3) is 1.49. The average Bonchev–Trinajstić information content (AvgIpc) is 3.06. The standard InChI is InChI=1S/C17H20NO4/c1-18-3-2-9-4-12(19)17(20)15(16(9)18)11-6-14-13(21-8-22-14)5-10(11)7-18/h4-6,12,15-17,19-20H,2-3,7-8H2,1H3/q+1/t12-,15-,16+,17+,18?/m0/s1. The van der Waals surface area contributed by atoms with Crippen molar-refractivity contribution in [3.63, 3.8) is 0 Å². The highest BCUT2D eigenvalue weighted by atomic mass is 16.7. The van der Waals surface area contributed by atoms with E-state index in [-0.39, 0.29) is 18.8 Å². The second kappa shape index (κ2) is 4.04. The van der Waals surface area contributed by atoms with Gasteiger partial charge in [-0.3, -0.25) is 0 Å². The summed E-state index contributed by atoms with van der Waals surface area (Å²) in [6.07, 6.45) is 1.35. The van der Waals surface area contributed by atoms with Crippen molar-refractivity contribution in [2.45, 2.75) is 37.1 Å². The lowest BCUT2D eigenvalue weighted by Gasteiger charge is -2.48. The van der Waals surface area contributed by atoms with Crippen LogP contribution in [0, 0.1) is 0 Å². The van der Waals surface area contributed by atoms with E-state index >= 15 is 0 Å². The van der Waals surface area contributed by atoms with Gasteiger partial charge in [-0.05, 0) is 29.3 Å². The van der Waals surface area contributed by atoms with Crippen LogP contribution in [0.3, 0.4) is 0 Å². The number of rotatable bonds is 0. The van der Waals surface area contributed by atoms with Crippen molar-refractivity contribution in [3.05, 3.63) is 34.9 Å². The van der Waals surface area contributed by atoms with Gasteiger partial charge in [0, 0.05) is 12.0 Å². The third-order valence-electron chi connectivity index (χ3n) is 5.93. The number of hydrogen-bond acceptors (Lipinski definition) is 4. The number of benzene rings is 1. The first-order chi connectivity index (χ1) is 10.6. The zero-order chi connectivity index (χ0) is 15.1. The van der Waals surface area contributed by atoms with Crippen LogP contribution < -0.4 is 9.47 Å². The van der Waals surface area contributed by atoms with Gasteiger partial charge >= 0.3 is 0 Å². The van der Waals surface area contributed by atoms with Gasteiger partial charge in [-0.1, -0.05) is 0 Å². The lowest BCUT2D eigenvalue weighted by atomic mass is 9.72. The van der Waals surface area contributed by atoms with Gasteiger partial charge in [0.25, 0.3) is 0 Å². The summed E-state index contributed by atoms with van der Waals surface area (Å²) in [5, 5.41) is 20.9. The molecule has 3 heterocycles. The fraction of sp³-hybridized carbons (Fsp3) is 0.529. The van der Waals surface area contributed by atoms with E-state index in [9.17, 15) is 10.2 Å². The Morgan fingerprint density at radius 3 is 2.77 bits per heavy atom. The molecule has 2 N–H and O–H groups in total. The minimum absolute atomic E-state index is 0.0688. The molecule has 0 spiro atoms. The van der Waals surface area contributed by atoms with E-state index in [1.54, 1.807) is 0 Å². The molecule has 1 aromatic rings. The van der Waals surface area contributed by atoms with Crippen LogP contribution in [-0.4, -0.2) is 53.3 Å². The molecule has 0 amide bonds. The van der Waals surface area contributed by atoms with Crippen LogP contribution in [0.5, 0.6) is 11.5 Å². The largest absolute Gasteiger partial charge is 0.454 e. The Hall–Kier alpha value is -1.56. The number of ether oxygens (including phenoxy) is 2. The van der Waals surface area contributed by atoms with Gasteiger partial charge < -0.3 is 24.2 Å². The number of likely N-dealkylation sites (N-methyl/N-ethyl adjacent to an activating group) is 1. The van der Waals surface area contributed by atoms with E-state index in [0.717, 1.165) is 41.1 Å². The Kier molecular flexibility index (Phi) is 2.38. The summed E-state index contributed by atoms with van der Waals surface area (Å²) >= 11 is 0. The van der Waals surface area contributed by atoms with Gasteiger partial charge in [-0.25, -0.2) is 0 Å². The first kappa shape index (κ1) is 12.9. The topological polar surface area (TPSA) is 58.9 Å². The molecule has 1 aliphatic carbocycles. The van der Waals surface area contributed by atoms with E-state index in [2.05, 4.69) is 13.1 Å². The Morgan fingerprint density at radius 1 is 1.18 bits per heavy atom. The van der Waals surface area contributed by atoms with Gasteiger partial charge in [0.05, 0.1) is 31.7 Å². The highest BCUT2D eigenvalue weighted by Gasteiger charge is 2.56. The first-order valence-corrected chi connectivity index (χ1v) is 7.90. The quantitative estimate of drug-likeness (QED) is 0.552. The fourth-order valence-electron chi connectivity index (χ4n) is 4.96. The summed E-state index contributed by atoms with van der Waals surface area (Å²) in [4.78, 5) is 0. The molecule has 4 aliphatic rings. The summed E-state index contributed by atoms with van der Waals surface area (Å²) < 4.78 is 11.9. The maximum absolute atomic E-state index is 10.7. The smallest absolute Gasteiger partial charge is 0.231 e. The number of nitrogens with zero attached hydrogens (tertiary/aromatic N) is 1. The maximum Gasteiger partial charge on any atom is 0.231 e. The van der Waals surface area contributed by atoms with Crippen LogP contribution in [0.1, 0.15) is 23.5 Å². The van der Waals surface area contributed by atoms with Crippen molar-refractivity contribution in [2.24, 2.45) is 0 Å². The van der Waals surface area contributed by atoms with Gasteiger partial charge in [0.15, 0.2) is 11.5 Å². The number of aliphatic hydroxyl groups excluding tert-OH is 2. The molecule has 116 valence electrons. The predicted molar refractivity (Wildman–Crippen MR) is 78.6 cm³/mol. The molecule has 0 aromatic heterocycles. The van der Waals surface area contributed by atoms with Crippen molar-refractivity contribution >= 4 is 0 Å². The van der Waals surface area contributed by atoms with E-state index in [0.29, 0.717) is 0 Å². The van der Waals surface area contributed by atoms with Gasteiger partial charge in [-0.15, -0.1) is 0 Å².